The van der Waals surface area contributed by atoms with E-state index in [1.165, 1.54) is 31.0 Å². The zero-order valence-electron chi connectivity index (χ0n) is 14.5. The third kappa shape index (κ3) is 4.54. The van der Waals surface area contributed by atoms with E-state index in [-0.39, 0.29) is 11.2 Å². The second-order valence-corrected chi connectivity index (χ2v) is 7.48. The highest BCUT2D eigenvalue weighted by atomic mass is 32.2. The van der Waals surface area contributed by atoms with Crippen molar-refractivity contribution in [2.75, 3.05) is 12.4 Å². The number of ether oxygens (including phenoxy) is 1. The number of hydrogen-bond acceptors (Lipinski definition) is 6. The Kier molecular flexibility index (Phi) is 5.96. The summed E-state index contributed by atoms with van der Waals surface area (Å²) in [6.45, 7) is 1.82. The van der Waals surface area contributed by atoms with Crippen LogP contribution in [0.4, 0.5) is 5.69 Å². The Morgan fingerprint density at radius 2 is 2.04 bits per heavy atom. The molecule has 0 aliphatic heterocycles. The Morgan fingerprint density at radius 1 is 1.28 bits per heavy atom. The average Bonchev–Trinajstić information content (AvgIpc) is 3.11. The summed E-state index contributed by atoms with van der Waals surface area (Å²) in [6, 6.07) is 7.33. The maximum atomic E-state index is 12.4. The van der Waals surface area contributed by atoms with Gasteiger partial charge in [0, 0.05) is 5.92 Å². The van der Waals surface area contributed by atoms with E-state index in [1.807, 2.05) is 31.2 Å². The number of carbonyl (C=O) groups excluding carboxylic acids is 1. The molecule has 1 amide bonds. The SMILES string of the molecule is COc1ccccc1NC(=O)[C@@H](C)Sc1nnc(C2CCCCC2)o1. The summed E-state index contributed by atoms with van der Waals surface area (Å²) in [5, 5.41) is 11.2. The van der Waals surface area contributed by atoms with Crippen molar-refractivity contribution >= 4 is 23.4 Å². The number of para-hydroxylation sites is 2. The topological polar surface area (TPSA) is 77.2 Å². The number of amides is 1. The standard InChI is InChI=1S/C18H23N3O3S/c1-12(16(22)19-14-10-6-7-11-15(14)23-2)25-18-21-20-17(24-18)13-8-4-3-5-9-13/h6-7,10-13H,3-5,8-9H2,1-2H3,(H,19,22)/t12-/m1/s1. The van der Waals surface area contributed by atoms with Crippen LogP contribution >= 0.6 is 11.8 Å². The summed E-state index contributed by atoms with van der Waals surface area (Å²) >= 11 is 1.28. The molecule has 1 heterocycles. The fourth-order valence-corrected chi connectivity index (χ4v) is 3.66. The molecule has 1 aromatic heterocycles. The van der Waals surface area contributed by atoms with Gasteiger partial charge in [0.2, 0.25) is 11.8 Å². The van der Waals surface area contributed by atoms with Crippen LogP contribution in [0.3, 0.4) is 0 Å². The number of nitrogens with one attached hydrogen (secondary N) is 1. The molecular formula is C18H23N3O3S. The van der Waals surface area contributed by atoms with Crippen LogP contribution in [0.2, 0.25) is 0 Å². The lowest BCUT2D eigenvalue weighted by Gasteiger charge is -2.17. The molecule has 1 atom stereocenters. The van der Waals surface area contributed by atoms with Crippen molar-refractivity contribution in [3.05, 3.63) is 30.2 Å². The highest BCUT2D eigenvalue weighted by Crippen LogP contribution is 2.34. The van der Waals surface area contributed by atoms with Crippen LogP contribution in [0.25, 0.3) is 0 Å². The first kappa shape index (κ1) is 17.8. The first-order valence-corrected chi connectivity index (χ1v) is 9.49. The van der Waals surface area contributed by atoms with Crippen LogP contribution in [-0.4, -0.2) is 28.5 Å². The number of benzene rings is 1. The van der Waals surface area contributed by atoms with Gasteiger partial charge in [-0.3, -0.25) is 4.79 Å². The van der Waals surface area contributed by atoms with Crippen molar-refractivity contribution in [1.82, 2.24) is 10.2 Å². The van der Waals surface area contributed by atoms with E-state index in [4.69, 9.17) is 9.15 Å². The maximum Gasteiger partial charge on any atom is 0.277 e. The summed E-state index contributed by atoms with van der Waals surface area (Å²) in [4.78, 5) is 12.4. The molecule has 0 radical (unpaired) electrons. The summed E-state index contributed by atoms with van der Waals surface area (Å²) in [6.07, 6.45) is 5.93. The first-order valence-electron chi connectivity index (χ1n) is 8.61. The largest absolute Gasteiger partial charge is 0.495 e. The van der Waals surface area contributed by atoms with Gasteiger partial charge in [0.1, 0.15) is 5.75 Å². The quantitative estimate of drug-likeness (QED) is 0.775. The number of methoxy groups -OCH3 is 1. The average molecular weight is 361 g/mol. The van der Waals surface area contributed by atoms with Crippen molar-refractivity contribution in [3.63, 3.8) is 0 Å². The van der Waals surface area contributed by atoms with Crippen molar-refractivity contribution in [2.24, 2.45) is 0 Å². The van der Waals surface area contributed by atoms with Crippen molar-refractivity contribution in [1.29, 1.82) is 0 Å². The van der Waals surface area contributed by atoms with Gasteiger partial charge in [-0.1, -0.05) is 43.2 Å². The van der Waals surface area contributed by atoms with Crippen LogP contribution in [-0.2, 0) is 4.79 Å². The molecule has 2 aromatic rings. The molecule has 1 saturated carbocycles. The second-order valence-electron chi connectivity index (χ2n) is 6.19. The van der Waals surface area contributed by atoms with Crippen LogP contribution in [0.1, 0.15) is 50.8 Å². The summed E-state index contributed by atoms with van der Waals surface area (Å²) in [7, 11) is 1.58. The fourth-order valence-electron chi connectivity index (χ4n) is 2.97. The molecule has 134 valence electrons. The molecule has 6 nitrogen and oxygen atoms in total. The predicted molar refractivity (Wildman–Crippen MR) is 97.1 cm³/mol. The first-order chi connectivity index (χ1) is 12.2. The monoisotopic (exact) mass is 361 g/mol. The molecule has 3 rings (SSSR count). The lowest BCUT2D eigenvalue weighted by Crippen LogP contribution is -2.22. The predicted octanol–water partition coefficient (Wildman–Crippen LogP) is 4.25. The lowest BCUT2D eigenvalue weighted by atomic mass is 9.89. The minimum absolute atomic E-state index is 0.132. The Bertz CT molecular complexity index is 713. The molecule has 1 aliphatic carbocycles. The Labute approximate surface area is 151 Å². The van der Waals surface area contributed by atoms with Gasteiger partial charge in [-0.15, -0.1) is 10.2 Å². The molecule has 1 aliphatic rings. The van der Waals surface area contributed by atoms with Gasteiger partial charge in [-0.05, 0) is 31.9 Å². The normalized spacial score (nSPS) is 16.4. The van der Waals surface area contributed by atoms with Crippen LogP contribution in [0.5, 0.6) is 5.75 Å². The van der Waals surface area contributed by atoms with Gasteiger partial charge in [0.05, 0.1) is 18.0 Å². The van der Waals surface area contributed by atoms with E-state index in [0.717, 1.165) is 12.8 Å². The Balaban J connectivity index is 1.59. The summed E-state index contributed by atoms with van der Waals surface area (Å²) < 4.78 is 11.0. The zero-order chi connectivity index (χ0) is 17.6. The van der Waals surface area contributed by atoms with Gasteiger partial charge in [-0.2, -0.15) is 0 Å². The molecule has 1 aromatic carbocycles. The van der Waals surface area contributed by atoms with Crippen LogP contribution < -0.4 is 10.1 Å². The highest BCUT2D eigenvalue weighted by Gasteiger charge is 2.23. The van der Waals surface area contributed by atoms with Gasteiger partial charge in [-0.25, -0.2) is 0 Å². The smallest absolute Gasteiger partial charge is 0.277 e. The molecule has 0 saturated heterocycles. The summed E-state index contributed by atoms with van der Waals surface area (Å²) in [5.41, 5.74) is 0.649. The van der Waals surface area contributed by atoms with Crippen LogP contribution in [0.15, 0.2) is 33.9 Å². The molecule has 0 spiro atoms. The minimum Gasteiger partial charge on any atom is -0.495 e. The Morgan fingerprint density at radius 3 is 2.80 bits per heavy atom. The molecule has 1 N–H and O–H groups in total. The van der Waals surface area contributed by atoms with E-state index in [1.54, 1.807) is 7.11 Å². The molecule has 0 unspecified atom stereocenters. The number of carbonyl (C=O) groups is 1. The van der Waals surface area contributed by atoms with Gasteiger partial charge in [0.25, 0.3) is 5.22 Å². The highest BCUT2D eigenvalue weighted by molar-refractivity contribution is 8.00. The number of hydrogen-bond donors (Lipinski definition) is 1. The summed E-state index contributed by atoms with van der Waals surface area (Å²) in [5.74, 6) is 1.57. The van der Waals surface area contributed by atoms with Gasteiger partial charge < -0.3 is 14.5 Å². The molecule has 1 fully saturated rings. The number of thioether (sulfide) groups is 1. The van der Waals surface area contributed by atoms with Crippen molar-refractivity contribution < 1.29 is 13.9 Å². The van der Waals surface area contributed by atoms with Crippen LogP contribution in [0, 0.1) is 0 Å². The fraction of sp³-hybridized carbons (Fsp3) is 0.500. The van der Waals surface area contributed by atoms with E-state index < -0.39 is 0 Å². The molecule has 25 heavy (non-hydrogen) atoms. The number of aromatic nitrogens is 2. The van der Waals surface area contributed by atoms with Gasteiger partial charge >= 0.3 is 0 Å². The zero-order valence-corrected chi connectivity index (χ0v) is 15.3. The van der Waals surface area contributed by atoms with E-state index in [9.17, 15) is 4.79 Å². The van der Waals surface area contributed by atoms with E-state index >= 15 is 0 Å². The van der Waals surface area contributed by atoms with Crippen molar-refractivity contribution in [2.45, 2.75) is 55.4 Å². The Hall–Kier alpha value is -2.02. The van der Waals surface area contributed by atoms with E-state index in [2.05, 4.69) is 15.5 Å². The van der Waals surface area contributed by atoms with Crippen molar-refractivity contribution in [3.8, 4) is 5.75 Å². The molecule has 7 heteroatoms. The number of anilines is 1. The maximum absolute atomic E-state index is 12.4. The lowest BCUT2D eigenvalue weighted by molar-refractivity contribution is -0.115. The minimum atomic E-state index is -0.357. The number of rotatable bonds is 6. The second kappa shape index (κ2) is 8.38. The third-order valence-corrected chi connectivity index (χ3v) is 5.32. The van der Waals surface area contributed by atoms with Gasteiger partial charge in [0.15, 0.2) is 0 Å². The van der Waals surface area contributed by atoms with E-state index in [0.29, 0.717) is 28.5 Å². The molecule has 0 bridgehead atoms. The molecular weight excluding hydrogens is 338 g/mol. The third-order valence-electron chi connectivity index (χ3n) is 4.39. The number of nitrogens with zero attached hydrogens (tertiary/aromatic N) is 2.